The van der Waals surface area contributed by atoms with Crippen molar-refractivity contribution in [2.75, 3.05) is 18.4 Å². The number of aromatic amines is 1. The summed E-state index contributed by atoms with van der Waals surface area (Å²) in [5, 5.41) is 8.32. The predicted molar refractivity (Wildman–Crippen MR) is 137 cm³/mol. The third-order valence-electron chi connectivity index (χ3n) is 6.57. The number of hydrogen-bond donors (Lipinski definition) is 3. The van der Waals surface area contributed by atoms with Crippen molar-refractivity contribution in [1.29, 1.82) is 0 Å². The number of H-pyrrole nitrogens is 1. The molecule has 2 aromatic heterocycles. The van der Waals surface area contributed by atoms with Gasteiger partial charge in [-0.25, -0.2) is 18.3 Å². The third kappa shape index (κ3) is 5.16. The van der Waals surface area contributed by atoms with Crippen LogP contribution in [-0.2, 0) is 18.3 Å². The average Bonchev–Trinajstić information content (AvgIpc) is 3.43. The Bertz CT molecular complexity index is 1410. The number of benzene rings is 2. The molecule has 0 saturated heterocycles. The molecule has 2 heterocycles. The molecule has 0 amide bonds. The average molecular weight is 493 g/mol. The Morgan fingerprint density at radius 2 is 1.67 bits per heavy atom. The minimum Gasteiger partial charge on any atom is -0.348 e. The molecular weight excluding hydrogens is 462 g/mol. The second kappa shape index (κ2) is 9.13. The van der Waals surface area contributed by atoms with Crippen molar-refractivity contribution >= 4 is 11.6 Å². The van der Waals surface area contributed by atoms with E-state index in [0.29, 0.717) is 11.5 Å². The second-order valence-electron chi connectivity index (χ2n) is 10.5. The zero-order valence-electron chi connectivity index (χ0n) is 20.6. The molecule has 0 spiro atoms. The molecule has 36 heavy (non-hydrogen) atoms. The zero-order valence-corrected chi connectivity index (χ0v) is 20.6. The van der Waals surface area contributed by atoms with E-state index in [0.717, 1.165) is 24.0 Å². The number of nitrogens with zero attached hydrogens (tertiary/aromatic N) is 3. The van der Waals surface area contributed by atoms with Crippen molar-refractivity contribution < 1.29 is 8.78 Å². The van der Waals surface area contributed by atoms with Crippen molar-refractivity contribution in [2.45, 2.75) is 51.0 Å². The fourth-order valence-electron chi connectivity index (χ4n) is 4.54. The first-order valence-corrected chi connectivity index (χ1v) is 12.1. The van der Waals surface area contributed by atoms with Gasteiger partial charge in [0.25, 0.3) is 11.5 Å². The van der Waals surface area contributed by atoms with E-state index in [1.54, 1.807) is 0 Å². The molecule has 0 bridgehead atoms. The molecule has 9 heteroatoms. The Labute approximate surface area is 208 Å². The summed E-state index contributed by atoms with van der Waals surface area (Å²) in [7, 11) is 0. The highest BCUT2D eigenvalue weighted by atomic mass is 19.3. The van der Waals surface area contributed by atoms with Gasteiger partial charge in [-0.2, -0.15) is 4.98 Å². The lowest BCUT2D eigenvalue weighted by atomic mass is 9.87. The van der Waals surface area contributed by atoms with Crippen LogP contribution in [0.4, 0.5) is 14.7 Å². The molecule has 5 rings (SSSR count). The van der Waals surface area contributed by atoms with E-state index in [2.05, 4.69) is 46.5 Å². The quantitative estimate of drug-likeness (QED) is 0.360. The Hall–Kier alpha value is -3.59. The SMILES string of the molecule is CC(C)(C)c1ccc(-c2nc(NCC(F)(F)CNC3Cc4ccccc4C3)n3[nH]c(=O)cc3n2)cc1. The third-order valence-corrected chi connectivity index (χ3v) is 6.57. The van der Waals surface area contributed by atoms with Crippen molar-refractivity contribution in [3.8, 4) is 11.4 Å². The molecule has 7 nitrogen and oxygen atoms in total. The molecule has 4 aromatic rings. The maximum atomic E-state index is 14.8. The summed E-state index contributed by atoms with van der Waals surface area (Å²) in [4.78, 5) is 20.9. The van der Waals surface area contributed by atoms with Crippen LogP contribution in [0.25, 0.3) is 17.0 Å². The van der Waals surface area contributed by atoms with Gasteiger partial charge in [-0.15, -0.1) is 0 Å². The largest absolute Gasteiger partial charge is 0.348 e. The highest BCUT2D eigenvalue weighted by Crippen LogP contribution is 2.26. The molecule has 3 N–H and O–H groups in total. The normalized spacial score (nSPS) is 14.4. The molecule has 1 aliphatic rings. The first-order valence-electron chi connectivity index (χ1n) is 12.1. The lowest BCUT2D eigenvalue weighted by molar-refractivity contribution is 0.0136. The number of nitrogens with one attached hydrogen (secondary N) is 3. The van der Waals surface area contributed by atoms with Crippen LogP contribution < -0.4 is 16.2 Å². The number of aromatic nitrogens is 4. The van der Waals surface area contributed by atoms with Crippen LogP contribution in [0, 0.1) is 0 Å². The number of halogens is 2. The summed E-state index contributed by atoms with van der Waals surface area (Å²) in [6, 6.07) is 17.1. The smallest absolute Gasteiger partial charge is 0.277 e. The summed E-state index contributed by atoms with van der Waals surface area (Å²) < 4.78 is 31.0. The van der Waals surface area contributed by atoms with E-state index in [-0.39, 0.29) is 23.0 Å². The van der Waals surface area contributed by atoms with Gasteiger partial charge in [-0.1, -0.05) is 69.3 Å². The van der Waals surface area contributed by atoms with E-state index in [1.165, 1.54) is 21.7 Å². The number of rotatable bonds is 7. The van der Waals surface area contributed by atoms with Crippen LogP contribution >= 0.6 is 0 Å². The monoisotopic (exact) mass is 492 g/mol. The minimum atomic E-state index is -3.03. The summed E-state index contributed by atoms with van der Waals surface area (Å²) in [6.45, 7) is 5.27. The molecule has 1 aliphatic carbocycles. The van der Waals surface area contributed by atoms with E-state index in [4.69, 9.17) is 0 Å². The maximum Gasteiger partial charge on any atom is 0.277 e. The molecule has 0 fully saturated rings. The Morgan fingerprint density at radius 3 is 2.31 bits per heavy atom. The van der Waals surface area contributed by atoms with Crippen LogP contribution in [0.15, 0.2) is 59.4 Å². The summed E-state index contributed by atoms with van der Waals surface area (Å²) >= 11 is 0. The number of hydrogen-bond acceptors (Lipinski definition) is 5. The summed E-state index contributed by atoms with van der Waals surface area (Å²) in [6.07, 6.45) is 1.49. The van der Waals surface area contributed by atoms with Crippen molar-refractivity contribution in [1.82, 2.24) is 24.9 Å². The van der Waals surface area contributed by atoms with Gasteiger partial charge in [0.1, 0.15) is 0 Å². The van der Waals surface area contributed by atoms with E-state index in [1.807, 2.05) is 48.5 Å². The Morgan fingerprint density at radius 1 is 1.00 bits per heavy atom. The second-order valence-corrected chi connectivity index (χ2v) is 10.5. The summed E-state index contributed by atoms with van der Waals surface area (Å²) in [5.41, 5.74) is 4.21. The minimum absolute atomic E-state index is 0.00902. The first kappa shape index (κ1) is 24.1. The molecule has 2 aromatic carbocycles. The Kier molecular flexibility index (Phi) is 6.12. The summed E-state index contributed by atoms with van der Waals surface area (Å²) in [5.74, 6) is -2.58. The van der Waals surface area contributed by atoms with Crippen molar-refractivity contribution in [3.05, 3.63) is 81.6 Å². The van der Waals surface area contributed by atoms with Crippen LogP contribution in [0.3, 0.4) is 0 Å². The molecule has 0 unspecified atom stereocenters. The van der Waals surface area contributed by atoms with E-state index < -0.39 is 19.0 Å². The lowest BCUT2D eigenvalue weighted by Gasteiger charge is -2.21. The van der Waals surface area contributed by atoms with Gasteiger partial charge < -0.3 is 10.6 Å². The van der Waals surface area contributed by atoms with Crippen molar-refractivity contribution in [2.24, 2.45) is 0 Å². The van der Waals surface area contributed by atoms with Crippen LogP contribution in [0.1, 0.15) is 37.5 Å². The number of alkyl halides is 2. The fourth-order valence-corrected chi connectivity index (χ4v) is 4.54. The maximum absolute atomic E-state index is 14.8. The van der Waals surface area contributed by atoms with Gasteiger partial charge in [0.05, 0.1) is 13.1 Å². The number of fused-ring (bicyclic) bond motifs is 2. The lowest BCUT2D eigenvalue weighted by Crippen LogP contribution is -2.43. The van der Waals surface area contributed by atoms with Gasteiger partial charge >= 0.3 is 0 Å². The standard InChI is InChI=1S/C27H30F2N6O/c1-26(2,3)20-10-8-17(9-11-20)24-32-22-14-23(36)34-35(22)25(33-24)31-16-27(28,29)15-30-21-12-18-6-4-5-7-19(18)13-21/h4-11,14,21,30H,12-13,15-16H2,1-3H3,(H,34,36)(H,31,32,33). The highest BCUT2D eigenvalue weighted by Gasteiger charge is 2.31. The van der Waals surface area contributed by atoms with Gasteiger partial charge in [0.15, 0.2) is 11.5 Å². The first-order chi connectivity index (χ1) is 17.1. The molecule has 0 saturated carbocycles. The molecule has 188 valence electrons. The van der Waals surface area contributed by atoms with E-state index in [9.17, 15) is 13.6 Å². The van der Waals surface area contributed by atoms with Crippen molar-refractivity contribution in [3.63, 3.8) is 0 Å². The highest BCUT2D eigenvalue weighted by molar-refractivity contribution is 5.60. The van der Waals surface area contributed by atoms with E-state index >= 15 is 0 Å². The van der Waals surface area contributed by atoms with Gasteiger partial charge in [-0.3, -0.25) is 9.89 Å². The molecule has 0 radical (unpaired) electrons. The van der Waals surface area contributed by atoms with Crippen LogP contribution in [-0.4, -0.2) is 44.6 Å². The van der Waals surface area contributed by atoms with Crippen LogP contribution in [0.5, 0.6) is 0 Å². The fraction of sp³-hybridized carbons (Fsp3) is 0.370. The zero-order chi connectivity index (χ0) is 25.5. The Balaban J connectivity index is 1.31. The topological polar surface area (TPSA) is 87.1 Å². The molecule has 0 aliphatic heterocycles. The van der Waals surface area contributed by atoms with Gasteiger partial charge in [-0.05, 0) is 34.9 Å². The molecule has 0 atom stereocenters. The van der Waals surface area contributed by atoms with Gasteiger partial charge in [0, 0.05) is 17.7 Å². The number of anilines is 1. The molecular formula is C27H30F2N6O. The predicted octanol–water partition coefficient (Wildman–Crippen LogP) is 4.19. The van der Waals surface area contributed by atoms with Gasteiger partial charge in [0.2, 0.25) is 5.95 Å². The van der Waals surface area contributed by atoms with Crippen LogP contribution in [0.2, 0.25) is 0 Å².